The van der Waals surface area contributed by atoms with Crippen molar-refractivity contribution in [2.45, 2.75) is 0 Å². The molecule has 2 aromatic carbocycles. The molecule has 0 radical (unpaired) electrons. The Kier molecular flexibility index (Phi) is 2.23. The van der Waals surface area contributed by atoms with Crippen LogP contribution in [0.1, 0.15) is 0 Å². The average molecular weight is 261 g/mol. The fourth-order valence-electron chi connectivity index (χ4n) is 2.52. The van der Waals surface area contributed by atoms with Gasteiger partial charge in [0.05, 0.1) is 17.2 Å². The van der Waals surface area contributed by atoms with Gasteiger partial charge in [0.25, 0.3) is 0 Å². The summed E-state index contributed by atoms with van der Waals surface area (Å²) in [6.45, 7) is 0. The Hall–Kier alpha value is -2.88. The van der Waals surface area contributed by atoms with Gasteiger partial charge < -0.3 is 4.98 Å². The number of hydrogen-bond acceptors (Lipinski definition) is 2. The minimum Gasteiger partial charge on any atom is -0.307 e. The van der Waals surface area contributed by atoms with Gasteiger partial charge in [-0.2, -0.15) is 0 Å². The Labute approximate surface area is 114 Å². The summed E-state index contributed by atoms with van der Waals surface area (Å²) in [5.74, 6) is 0.660. The van der Waals surface area contributed by atoms with Crippen LogP contribution < -0.4 is 5.69 Å². The number of nitrogens with zero attached hydrogens (tertiary/aromatic N) is 2. The van der Waals surface area contributed by atoms with Crippen molar-refractivity contribution in [1.29, 1.82) is 0 Å². The van der Waals surface area contributed by atoms with Gasteiger partial charge in [-0.15, -0.1) is 0 Å². The van der Waals surface area contributed by atoms with Gasteiger partial charge >= 0.3 is 5.69 Å². The van der Waals surface area contributed by atoms with Crippen LogP contribution in [0.2, 0.25) is 0 Å². The quantitative estimate of drug-likeness (QED) is 0.573. The summed E-state index contributed by atoms with van der Waals surface area (Å²) in [6.07, 6.45) is 1.75. The lowest BCUT2D eigenvalue weighted by Crippen LogP contribution is -2.16. The average Bonchev–Trinajstić information content (AvgIpc) is 2.94. The SMILES string of the molecule is O=c1[nH]c2ccccc2c2cnc(-c3ccccc3)n12. The summed E-state index contributed by atoms with van der Waals surface area (Å²) in [6, 6.07) is 17.4. The Morgan fingerprint density at radius 1 is 0.950 bits per heavy atom. The smallest absolute Gasteiger partial charge is 0.307 e. The van der Waals surface area contributed by atoms with Gasteiger partial charge in [-0.1, -0.05) is 48.5 Å². The Morgan fingerprint density at radius 3 is 2.55 bits per heavy atom. The number of hydrogen-bond donors (Lipinski definition) is 1. The van der Waals surface area contributed by atoms with Crippen LogP contribution in [0.3, 0.4) is 0 Å². The molecule has 0 saturated carbocycles. The number of aromatic nitrogens is 3. The first kappa shape index (κ1) is 11.0. The van der Waals surface area contributed by atoms with Gasteiger partial charge in [0.15, 0.2) is 0 Å². The molecule has 0 aliphatic rings. The molecule has 2 heterocycles. The number of rotatable bonds is 1. The van der Waals surface area contributed by atoms with Crippen molar-refractivity contribution in [2.75, 3.05) is 0 Å². The summed E-state index contributed by atoms with van der Waals surface area (Å²) < 4.78 is 1.62. The van der Waals surface area contributed by atoms with Crippen molar-refractivity contribution < 1.29 is 0 Å². The largest absolute Gasteiger partial charge is 0.332 e. The van der Waals surface area contributed by atoms with Crippen molar-refractivity contribution in [3.63, 3.8) is 0 Å². The predicted molar refractivity (Wildman–Crippen MR) is 78.8 cm³/mol. The maximum atomic E-state index is 12.3. The second kappa shape index (κ2) is 4.06. The van der Waals surface area contributed by atoms with Crippen molar-refractivity contribution >= 4 is 16.4 Å². The number of para-hydroxylation sites is 1. The van der Waals surface area contributed by atoms with Crippen LogP contribution in [-0.4, -0.2) is 14.4 Å². The molecule has 0 amide bonds. The molecule has 4 aromatic rings. The van der Waals surface area contributed by atoms with Crippen LogP contribution in [0.15, 0.2) is 65.6 Å². The minimum absolute atomic E-state index is 0.171. The van der Waals surface area contributed by atoms with Crippen LogP contribution in [0.5, 0.6) is 0 Å². The highest BCUT2D eigenvalue weighted by Crippen LogP contribution is 2.22. The fraction of sp³-hybridized carbons (Fsp3) is 0. The van der Waals surface area contributed by atoms with E-state index in [1.807, 2.05) is 54.6 Å². The van der Waals surface area contributed by atoms with Crippen LogP contribution in [0.25, 0.3) is 27.8 Å². The summed E-state index contributed by atoms with van der Waals surface area (Å²) in [7, 11) is 0. The molecular weight excluding hydrogens is 250 g/mol. The van der Waals surface area contributed by atoms with E-state index < -0.39 is 0 Å². The van der Waals surface area contributed by atoms with E-state index in [1.165, 1.54) is 0 Å². The van der Waals surface area contributed by atoms with E-state index in [1.54, 1.807) is 10.6 Å². The second-order valence-corrected chi connectivity index (χ2v) is 4.64. The molecule has 2 aromatic heterocycles. The number of benzene rings is 2. The maximum Gasteiger partial charge on any atom is 0.332 e. The standard InChI is InChI=1S/C16H11N3O/c20-16-18-13-9-5-4-8-12(13)14-10-17-15(19(14)16)11-6-2-1-3-7-11/h1-10H,(H,18,20). The van der Waals surface area contributed by atoms with Crippen LogP contribution in [0, 0.1) is 0 Å². The third-order valence-electron chi connectivity index (χ3n) is 3.44. The van der Waals surface area contributed by atoms with Crippen molar-refractivity contribution in [3.05, 3.63) is 71.3 Å². The highest BCUT2D eigenvalue weighted by Gasteiger charge is 2.11. The first-order valence-electron chi connectivity index (χ1n) is 6.38. The zero-order chi connectivity index (χ0) is 13.5. The summed E-state index contributed by atoms with van der Waals surface area (Å²) >= 11 is 0. The van der Waals surface area contributed by atoms with E-state index in [2.05, 4.69) is 9.97 Å². The van der Waals surface area contributed by atoms with Crippen molar-refractivity contribution in [1.82, 2.24) is 14.4 Å². The number of fused-ring (bicyclic) bond motifs is 3. The summed E-state index contributed by atoms with van der Waals surface area (Å²) in [4.78, 5) is 19.6. The Bertz CT molecular complexity index is 967. The molecule has 4 rings (SSSR count). The van der Waals surface area contributed by atoms with Crippen molar-refractivity contribution in [2.24, 2.45) is 0 Å². The Balaban J connectivity index is 2.16. The maximum absolute atomic E-state index is 12.3. The monoisotopic (exact) mass is 261 g/mol. The number of H-pyrrole nitrogens is 1. The zero-order valence-corrected chi connectivity index (χ0v) is 10.6. The van der Waals surface area contributed by atoms with Gasteiger partial charge in [-0.3, -0.25) is 0 Å². The molecule has 0 fully saturated rings. The molecule has 20 heavy (non-hydrogen) atoms. The molecule has 0 bridgehead atoms. The van der Waals surface area contributed by atoms with E-state index in [9.17, 15) is 4.79 Å². The molecule has 0 atom stereocenters. The summed E-state index contributed by atoms with van der Waals surface area (Å²) in [5, 5.41) is 0.988. The first-order valence-corrected chi connectivity index (χ1v) is 6.38. The molecule has 96 valence electrons. The third-order valence-corrected chi connectivity index (χ3v) is 3.44. The van der Waals surface area contributed by atoms with Gasteiger partial charge in [0.1, 0.15) is 5.82 Å². The normalized spacial score (nSPS) is 11.2. The van der Waals surface area contributed by atoms with Crippen LogP contribution in [0.4, 0.5) is 0 Å². The number of aromatic amines is 1. The highest BCUT2D eigenvalue weighted by atomic mass is 16.1. The molecule has 0 aliphatic heterocycles. The highest BCUT2D eigenvalue weighted by molar-refractivity contribution is 5.93. The van der Waals surface area contributed by atoms with E-state index in [4.69, 9.17) is 0 Å². The van der Waals surface area contributed by atoms with Gasteiger partial charge in [0, 0.05) is 10.9 Å². The van der Waals surface area contributed by atoms with Crippen LogP contribution in [-0.2, 0) is 0 Å². The topological polar surface area (TPSA) is 50.2 Å². The molecule has 0 saturated heterocycles. The number of imidazole rings is 1. The van der Waals surface area contributed by atoms with Gasteiger partial charge in [-0.25, -0.2) is 14.2 Å². The fourth-order valence-corrected chi connectivity index (χ4v) is 2.52. The lowest BCUT2D eigenvalue weighted by atomic mass is 10.2. The minimum atomic E-state index is -0.171. The zero-order valence-electron chi connectivity index (χ0n) is 10.6. The first-order chi connectivity index (χ1) is 9.84. The van der Waals surface area contributed by atoms with Crippen molar-refractivity contribution in [3.8, 4) is 11.4 Å². The second-order valence-electron chi connectivity index (χ2n) is 4.64. The van der Waals surface area contributed by atoms with Crippen LogP contribution >= 0.6 is 0 Å². The lowest BCUT2D eigenvalue weighted by molar-refractivity contribution is 1.03. The molecule has 0 aliphatic carbocycles. The third kappa shape index (κ3) is 1.48. The predicted octanol–water partition coefficient (Wildman–Crippen LogP) is 2.84. The molecular formula is C16H11N3O. The van der Waals surface area contributed by atoms with E-state index >= 15 is 0 Å². The van der Waals surface area contributed by atoms with E-state index in [0.717, 1.165) is 22.0 Å². The molecule has 0 unspecified atom stereocenters. The molecule has 4 nitrogen and oxygen atoms in total. The molecule has 4 heteroatoms. The van der Waals surface area contributed by atoms with E-state index in [0.29, 0.717) is 5.82 Å². The molecule has 1 N–H and O–H groups in total. The summed E-state index contributed by atoms with van der Waals surface area (Å²) in [5.41, 5.74) is 2.40. The van der Waals surface area contributed by atoms with Gasteiger partial charge in [-0.05, 0) is 6.07 Å². The molecule has 0 spiro atoms. The van der Waals surface area contributed by atoms with E-state index in [-0.39, 0.29) is 5.69 Å². The van der Waals surface area contributed by atoms with Gasteiger partial charge in [0.2, 0.25) is 0 Å². The Morgan fingerprint density at radius 2 is 1.70 bits per heavy atom. The lowest BCUT2D eigenvalue weighted by Gasteiger charge is -2.03. The number of nitrogens with one attached hydrogen (secondary N) is 1.